The summed E-state index contributed by atoms with van der Waals surface area (Å²) < 4.78 is 2.99. The predicted octanol–water partition coefficient (Wildman–Crippen LogP) is 0.493. The minimum absolute atomic E-state index is 0.101. The first-order chi connectivity index (χ1) is 11.3. The summed E-state index contributed by atoms with van der Waals surface area (Å²) in [6.45, 7) is 0.142. The van der Waals surface area contributed by atoms with Crippen LogP contribution in [0.15, 0.2) is 47.8 Å². The molecule has 0 radical (unpaired) electrons. The number of pyridine rings is 2. The highest BCUT2D eigenvalue weighted by molar-refractivity contribution is 5.79. The highest BCUT2D eigenvalue weighted by atomic mass is 16.3. The van der Waals surface area contributed by atoms with Crippen molar-refractivity contribution in [2.24, 2.45) is 0 Å². The van der Waals surface area contributed by atoms with Crippen LogP contribution in [0.3, 0.4) is 0 Å². The largest absolute Gasteiger partial charge is 0.395 e. The molecule has 0 bridgehead atoms. The van der Waals surface area contributed by atoms with E-state index in [1.54, 1.807) is 29.2 Å². The first-order valence-electron chi connectivity index (χ1n) is 7.04. The Bertz CT molecular complexity index is 1050. The summed E-state index contributed by atoms with van der Waals surface area (Å²) in [5.74, 6) is 0.940. The molecule has 0 aliphatic rings. The van der Waals surface area contributed by atoms with E-state index in [0.717, 1.165) is 5.56 Å². The van der Waals surface area contributed by atoms with Crippen molar-refractivity contribution < 1.29 is 5.11 Å². The molecular formula is C15H12N6O2. The van der Waals surface area contributed by atoms with Gasteiger partial charge in [-0.25, -0.2) is 4.98 Å². The van der Waals surface area contributed by atoms with Gasteiger partial charge in [0.15, 0.2) is 5.82 Å². The topological polar surface area (TPSA) is 98.2 Å². The normalized spacial score (nSPS) is 11.3. The molecule has 8 heteroatoms. The van der Waals surface area contributed by atoms with Crippen molar-refractivity contribution in [2.75, 3.05) is 6.61 Å². The van der Waals surface area contributed by atoms with Crippen LogP contribution in [0.1, 0.15) is 0 Å². The van der Waals surface area contributed by atoms with Crippen molar-refractivity contribution in [1.29, 1.82) is 0 Å². The summed E-state index contributed by atoms with van der Waals surface area (Å²) in [7, 11) is 0. The molecular weight excluding hydrogens is 296 g/mol. The first kappa shape index (κ1) is 13.5. The molecule has 0 aliphatic heterocycles. The van der Waals surface area contributed by atoms with Gasteiger partial charge < -0.3 is 9.67 Å². The average Bonchev–Trinajstić information content (AvgIpc) is 3.03. The fourth-order valence-corrected chi connectivity index (χ4v) is 2.47. The summed E-state index contributed by atoms with van der Waals surface area (Å²) in [6.07, 6.45) is 6.46. The zero-order valence-corrected chi connectivity index (χ0v) is 12.0. The van der Waals surface area contributed by atoms with Crippen molar-refractivity contribution in [3.05, 3.63) is 53.3 Å². The molecule has 4 heterocycles. The van der Waals surface area contributed by atoms with Crippen LogP contribution in [-0.2, 0) is 6.54 Å². The van der Waals surface area contributed by atoms with E-state index in [0.29, 0.717) is 22.5 Å². The van der Waals surface area contributed by atoms with Crippen LogP contribution in [0.2, 0.25) is 0 Å². The third kappa shape index (κ3) is 2.16. The van der Waals surface area contributed by atoms with E-state index in [1.165, 1.54) is 10.8 Å². The number of fused-ring (bicyclic) bond motifs is 3. The van der Waals surface area contributed by atoms with Gasteiger partial charge in [-0.1, -0.05) is 0 Å². The molecule has 4 rings (SSSR count). The lowest BCUT2D eigenvalue weighted by atomic mass is 10.3. The molecule has 0 atom stereocenters. The van der Waals surface area contributed by atoms with Gasteiger partial charge in [0.05, 0.1) is 17.5 Å². The quantitative estimate of drug-likeness (QED) is 0.591. The lowest BCUT2D eigenvalue weighted by molar-refractivity contribution is 0.274. The third-order valence-corrected chi connectivity index (χ3v) is 3.59. The van der Waals surface area contributed by atoms with Crippen LogP contribution in [0.25, 0.3) is 28.1 Å². The second-order valence-corrected chi connectivity index (χ2v) is 4.98. The Balaban J connectivity index is 1.97. The molecule has 114 valence electrons. The second kappa shape index (κ2) is 5.25. The fraction of sp³-hybridized carbons (Fsp3) is 0.133. The van der Waals surface area contributed by atoms with Gasteiger partial charge >= 0.3 is 0 Å². The molecule has 0 aliphatic carbocycles. The number of hydrogen-bond acceptors (Lipinski definition) is 6. The molecule has 1 N–H and O–H groups in total. The summed E-state index contributed by atoms with van der Waals surface area (Å²) in [4.78, 5) is 25.0. The van der Waals surface area contributed by atoms with Gasteiger partial charge in [-0.2, -0.15) is 9.50 Å². The van der Waals surface area contributed by atoms with E-state index in [9.17, 15) is 4.79 Å². The molecule has 0 unspecified atom stereocenters. The van der Waals surface area contributed by atoms with Crippen LogP contribution in [-0.4, -0.2) is 40.8 Å². The second-order valence-electron chi connectivity index (χ2n) is 4.98. The van der Waals surface area contributed by atoms with Gasteiger partial charge in [0.1, 0.15) is 0 Å². The Morgan fingerprint density at radius 3 is 2.78 bits per heavy atom. The number of aliphatic hydroxyl groups is 1. The van der Waals surface area contributed by atoms with Gasteiger partial charge in [-0.15, -0.1) is 5.10 Å². The van der Waals surface area contributed by atoms with Gasteiger partial charge in [0.25, 0.3) is 11.3 Å². The Hall–Kier alpha value is -3.13. The smallest absolute Gasteiger partial charge is 0.261 e. The SMILES string of the molecule is O=c1c2cnc3nc(-c4ccncc4)nn3c2ccn1CCO. The predicted molar refractivity (Wildman–Crippen MR) is 82.9 cm³/mol. The van der Waals surface area contributed by atoms with Crippen LogP contribution in [0, 0.1) is 0 Å². The van der Waals surface area contributed by atoms with E-state index in [-0.39, 0.29) is 18.7 Å². The zero-order valence-electron chi connectivity index (χ0n) is 12.0. The molecule has 23 heavy (non-hydrogen) atoms. The number of aromatic nitrogens is 6. The van der Waals surface area contributed by atoms with E-state index >= 15 is 0 Å². The summed E-state index contributed by atoms with van der Waals surface area (Å²) in [5, 5.41) is 13.9. The van der Waals surface area contributed by atoms with E-state index < -0.39 is 0 Å². The van der Waals surface area contributed by atoms with E-state index in [4.69, 9.17) is 5.11 Å². The number of rotatable bonds is 3. The Morgan fingerprint density at radius 2 is 2.00 bits per heavy atom. The lowest BCUT2D eigenvalue weighted by Crippen LogP contribution is -2.21. The molecule has 0 amide bonds. The van der Waals surface area contributed by atoms with Crippen molar-refractivity contribution in [3.8, 4) is 11.4 Å². The Kier molecular flexibility index (Phi) is 3.09. The van der Waals surface area contributed by atoms with Crippen LogP contribution in [0.5, 0.6) is 0 Å². The minimum atomic E-state index is -0.216. The van der Waals surface area contributed by atoms with Gasteiger partial charge in [-0.05, 0) is 18.2 Å². The number of aliphatic hydroxyl groups excluding tert-OH is 1. The summed E-state index contributed by atoms with van der Waals surface area (Å²) in [6, 6.07) is 5.39. The van der Waals surface area contributed by atoms with Gasteiger partial charge in [-0.3, -0.25) is 9.78 Å². The molecule has 0 spiro atoms. The van der Waals surface area contributed by atoms with Gasteiger partial charge in [0.2, 0.25) is 0 Å². The van der Waals surface area contributed by atoms with Gasteiger partial charge in [0, 0.05) is 36.9 Å². The minimum Gasteiger partial charge on any atom is -0.395 e. The highest BCUT2D eigenvalue weighted by Gasteiger charge is 2.12. The zero-order chi connectivity index (χ0) is 15.8. The fourth-order valence-electron chi connectivity index (χ4n) is 2.47. The van der Waals surface area contributed by atoms with E-state index in [2.05, 4.69) is 20.1 Å². The van der Waals surface area contributed by atoms with Crippen LogP contribution in [0.4, 0.5) is 0 Å². The molecule has 8 nitrogen and oxygen atoms in total. The molecule has 4 aromatic heterocycles. The standard InChI is InChI=1S/C15H12N6O2/c22-8-7-20-6-3-12-11(14(20)23)9-17-15-18-13(19-21(12)15)10-1-4-16-5-2-10/h1-6,9,22H,7-8H2. The Morgan fingerprint density at radius 1 is 1.17 bits per heavy atom. The van der Waals surface area contributed by atoms with Crippen LogP contribution < -0.4 is 5.56 Å². The number of hydrogen-bond donors (Lipinski definition) is 1. The average molecular weight is 308 g/mol. The summed E-state index contributed by atoms with van der Waals surface area (Å²) in [5.41, 5.74) is 1.24. The monoisotopic (exact) mass is 308 g/mol. The molecule has 0 aromatic carbocycles. The van der Waals surface area contributed by atoms with Crippen LogP contribution >= 0.6 is 0 Å². The highest BCUT2D eigenvalue weighted by Crippen LogP contribution is 2.16. The van der Waals surface area contributed by atoms with Crippen molar-refractivity contribution in [2.45, 2.75) is 6.54 Å². The third-order valence-electron chi connectivity index (χ3n) is 3.59. The van der Waals surface area contributed by atoms with Crippen molar-refractivity contribution in [3.63, 3.8) is 0 Å². The maximum Gasteiger partial charge on any atom is 0.261 e. The molecule has 4 aromatic rings. The first-order valence-corrected chi connectivity index (χ1v) is 7.04. The molecule has 0 fully saturated rings. The van der Waals surface area contributed by atoms with Crippen molar-refractivity contribution >= 4 is 16.7 Å². The maximum atomic E-state index is 12.4. The molecule has 0 saturated heterocycles. The maximum absolute atomic E-state index is 12.4. The summed E-state index contributed by atoms with van der Waals surface area (Å²) >= 11 is 0. The van der Waals surface area contributed by atoms with E-state index in [1.807, 2.05) is 12.1 Å². The molecule has 0 saturated carbocycles. The lowest BCUT2D eigenvalue weighted by Gasteiger charge is -2.05. The Labute approximate surface area is 129 Å². The number of nitrogens with zero attached hydrogens (tertiary/aromatic N) is 6. The van der Waals surface area contributed by atoms with Crippen molar-refractivity contribution in [1.82, 2.24) is 29.1 Å².